The molecule has 0 aliphatic carbocycles. The minimum atomic E-state index is -0.280. The number of hydrogen-bond donors (Lipinski definition) is 2. The first-order valence-electron chi connectivity index (χ1n) is 7.61. The molecule has 2 aromatic carbocycles. The first kappa shape index (κ1) is 17.7. The number of amides is 1. The van der Waals surface area contributed by atoms with Crippen LogP contribution in [0, 0.1) is 0 Å². The predicted molar refractivity (Wildman–Crippen MR) is 98.9 cm³/mol. The predicted octanol–water partition coefficient (Wildman–Crippen LogP) is 3.61. The number of ether oxygens (including phenoxy) is 2. The van der Waals surface area contributed by atoms with E-state index in [4.69, 9.17) is 21.7 Å². The topological polar surface area (TPSA) is 59.6 Å². The SMILES string of the molecule is CCCOc1ccc(NC(=S)NC(=O)c2ccc(OC)cc2)cc1. The molecule has 6 heteroatoms. The molecule has 0 spiro atoms. The maximum Gasteiger partial charge on any atom is 0.257 e. The minimum absolute atomic E-state index is 0.234. The van der Waals surface area contributed by atoms with Crippen molar-refractivity contribution in [3.63, 3.8) is 0 Å². The molecule has 126 valence electrons. The van der Waals surface area contributed by atoms with Gasteiger partial charge in [-0.25, -0.2) is 0 Å². The van der Waals surface area contributed by atoms with Gasteiger partial charge in [-0.2, -0.15) is 0 Å². The Bertz CT molecular complexity index is 684. The average Bonchev–Trinajstić information content (AvgIpc) is 2.61. The van der Waals surface area contributed by atoms with E-state index in [2.05, 4.69) is 17.6 Å². The summed E-state index contributed by atoms with van der Waals surface area (Å²) in [5, 5.41) is 5.84. The third-order valence-corrected chi connectivity index (χ3v) is 3.37. The highest BCUT2D eigenvalue weighted by Gasteiger charge is 2.08. The average molecular weight is 344 g/mol. The van der Waals surface area contributed by atoms with Crippen LogP contribution in [0.3, 0.4) is 0 Å². The Hall–Kier alpha value is -2.60. The number of benzene rings is 2. The van der Waals surface area contributed by atoms with Crippen LogP contribution >= 0.6 is 12.2 Å². The number of nitrogens with one attached hydrogen (secondary N) is 2. The van der Waals surface area contributed by atoms with Crippen molar-refractivity contribution >= 4 is 28.9 Å². The zero-order valence-electron chi connectivity index (χ0n) is 13.7. The van der Waals surface area contributed by atoms with E-state index in [1.807, 2.05) is 24.3 Å². The molecular formula is C18H20N2O3S. The van der Waals surface area contributed by atoms with Crippen LogP contribution in [0.1, 0.15) is 23.7 Å². The van der Waals surface area contributed by atoms with Crippen molar-refractivity contribution in [2.45, 2.75) is 13.3 Å². The zero-order chi connectivity index (χ0) is 17.4. The van der Waals surface area contributed by atoms with Gasteiger partial charge >= 0.3 is 0 Å². The molecule has 0 aromatic heterocycles. The van der Waals surface area contributed by atoms with Crippen LogP contribution in [0.2, 0.25) is 0 Å². The summed E-state index contributed by atoms with van der Waals surface area (Å²) in [4.78, 5) is 12.1. The Morgan fingerprint density at radius 3 is 2.25 bits per heavy atom. The van der Waals surface area contributed by atoms with Gasteiger partial charge in [0.05, 0.1) is 13.7 Å². The van der Waals surface area contributed by atoms with Gasteiger partial charge in [-0.1, -0.05) is 6.92 Å². The van der Waals surface area contributed by atoms with Crippen LogP contribution in [0.15, 0.2) is 48.5 Å². The van der Waals surface area contributed by atoms with Gasteiger partial charge in [0.1, 0.15) is 11.5 Å². The summed E-state index contributed by atoms with van der Waals surface area (Å²) in [6.07, 6.45) is 0.960. The lowest BCUT2D eigenvalue weighted by atomic mass is 10.2. The van der Waals surface area contributed by atoms with Gasteiger partial charge in [0, 0.05) is 11.3 Å². The Kier molecular flexibility index (Phi) is 6.57. The summed E-state index contributed by atoms with van der Waals surface area (Å²) < 4.78 is 10.6. The van der Waals surface area contributed by atoms with E-state index in [0.29, 0.717) is 17.9 Å². The van der Waals surface area contributed by atoms with Gasteiger partial charge in [-0.15, -0.1) is 0 Å². The van der Waals surface area contributed by atoms with E-state index in [1.54, 1.807) is 31.4 Å². The lowest BCUT2D eigenvalue weighted by Crippen LogP contribution is -2.34. The number of carbonyl (C=O) groups excluding carboxylic acids is 1. The fourth-order valence-electron chi connectivity index (χ4n) is 1.93. The van der Waals surface area contributed by atoms with E-state index >= 15 is 0 Å². The number of anilines is 1. The Labute approximate surface area is 147 Å². The molecule has 0 atom stereocenters. The van der Waals surface area contributed by atoms with Crippen molar-refractivity contribution < 1.29 is 14.3 Å². The quantitative estimate of drug-likeness (QED) is 0.784. The molecule has 0 heterocycles. The molecule has 0 aliphatic heterocycles. The summed E-state index contributed by atoms with van der Waals surface area (Å²) in [6, 6.07) is 14.2. The van der Waals surface area contributed by atoms with Gasteiger partial charge in [0.25, 0.3) is 5.91 Å². The Morgan fingerprint density at radius 2 is 1.67 bits per heavy atom. The molecule has 0 saturated carbocycles. The van der Waals surface area contributed by atoms with Crippen molar-refractivity contribution in [1.29, 1.82) is 0 Å². The van der Waals surface area contributed by atoms with Crippen molar-refractivity contribution in [3.05, 3.63) is 54.1 Å². The zero-order valence-corrected chi connectivity index (χ0v) is 14.5. The molecule has 2 rings (SSSR count). The number of carbonyl (C=O) groups is 1. The second-order valence-corrected chi connectivity index (χ2v) is 5.42. The number of thiocarbonyl (C=S) groups is 1. The summed E-state index contributed by atoms with van der Waals surface area (Å²) in [7, 11) is 1.58. The number of rotatable bonds is 6. The molecule has 0 saturated heterocycles. The normalized spacial score (nSPS) is 9.92. The number of methoxy groups -OCH3 is 1. The molecular weight excluding hydrogens is 324 g/mol. The minimum Gasteiger partial charge on any atom is -0.497 e. The fraction of sp³-hybridized carbons (Fsp3) is 0.222. The first-order valence-corrected chi connectivity index (χ1v) is 8.02. The lowest BCUT2D eigenvalue weighted by molar-refractivity contribution is 0.0977. The molecule has 0 aliphatic rings. The Balaban J connectivity index is 1.88. The van der Waals surface area contributed by atoms with Crippen LogP contribution in [0.25, 0.3) is 0 Å². The summed E-state index contributed by atoms with van der Waals surface area (Å²) in [5.74, 6) is 1.21. The summed E-state index contributed by atoms with van der Waals surface area (Å²) >= 11 is 5.16. The molecule has 2 N–H and O–H groups in total. The maximum atomic E-state index is 12.1. The van der Waals surface area contributed by atoms with Crippen LogP contribution in [0.5, 0.6) is 11.5 Å². The van der Waals surface area contributed by atoms with Crippen LogP contribution < -0.4 is 20.1 Å². The second kappa shape index (κ2) is 8.88. The van der Waals surface area contributed by atoms with Crippen molar-refractivity contribution in [3.8, 4) is 11.5 Å². The molecule has 2 aromatic rings. The lowest BCUT2D eigenvalue weighted by Gasteiger charge is -2.11. The highest BCUT2D eigenvalue weighted by molar-refractivity contribution is 7.80. The van der Waals surface area contributed by atoms with Crippen molar-refractivity contribution in [2.75, 3.05) is 19.0 Å². The van der Waals surface area contributed by atoms with Gasteiger partial charge in [0.15, 0.2) is 5.11 Å². The summed E-state index contributed by atoms with van der Waals surface area (Å²) in [6.45, 7) is 2.74. The fourth-order valence-corrected chi connectivity index (χ4v) is 2.14. The van der Waals surface area contributed by atoms with Gasteiger partial charge in [0.2, 0.25) is 0 Å². The second-order valence-electron chi connectivity index (χ2n) is 5.01. The highest BCUT2D eigenvalue weighted by atomic mass is 32.1. The van der Waals surface area contributed by atoms with E-state index in [0.717, 1.165) is 17.9 Å². The Morgan fingerprint density at radius 1 is 1.04 bits per heavy atom. The highest BCUT2D eigenvalue weighted by Crippen LogP contribution is 2.16. The smallest absolute Gasteiger partial charge is 0.257 e. The van der Waals surface area contributed by atoms with Gasteiger partial charge in [-0.05, 0) is 67.2 Å². The van der Waals surface area contributed by atoms with Crippen molar-refractivity contribution in [2.24, 2.45) is 0 Å². The van der Waals surface area contributed by atoms with E-state index in [9.17, 15) is 4.79 Å². The first-order chi connectivity index (χ1) is 11.6. The van der Waals surface area contributed by atoms with Crippen LogP contribution in [-0.2, 0) is 0 Å². The molecule has 0 fully saturated rings. The third-order valence-electron chi connectivity index (χ3n) is 3.16. The number of hydrogen-bond acceptors (Lipinski definition) is 4. The molecule has 0 radical (unpaired) electrons. The molecule has 24 heavy (non-hydrogen) atoms. The monoisotopic (exact) mass is 344 g/mol. The van der Waals surface area contributed by atoms with Gasteiger partial charge in [-0.3, -0.25) is 10.1 Å². The standard InChI is InChI=1S/C18H20N2O3S/c1-3-12-23-16-10-6-14(7-11-16)19-18(24)20-17(21)13-4-8-15(22-2)9-5-13/h4-11H,3,12H2,1-2H3,(H2,19,20,21,24). The molecule has 0 unspecified atom stereocenters. The van der Waals surface area contributed by atoms with Crippen LogP contribution in [-0.4, -0.2) is 24.7 Å². The van der Waals surface area contributed by atoms with Crippen molar-refractivity contribution in [1.82, 2.24) is 5.32 Å². The van der Waals surface area contributed by atoms with Gasteiger partial charge < -0.3 is 14.8 Å². The molecule has 0 bridgehead atoms. The van der Waals surface area contributed by atoms with E-state index < -0.39 is 0 Å². The molecule has 5 nitrogen and oxygen atoms in total. The molecule has 1 amide bonds. The summed E-state index contributed by atoms with van der Waals surface area (Å²) in [5.41, 5.74) is 1.28. The third kappa shape index (κ3) is 5.24. The van der Waals surface area contributed by atoms with E-state index in [-0.39, 0.29) is 11.0 Å². The van der Waals surface area contributed by atoms with E-state index in [1.165, 1.54) is 0 Å². The van der Waals surface area contributed by atoms with Crippen LogP contribution in [0.4, 0.5) is 5.69 Å². The largest absolute Gasteiger partial charge is 0.497 e. The maximum absolute atomic E-state index is 12.1.